The second-order valence-electron chi connectivity index (χ2n) is 4.30. The molecule has 4 heteroatoms. The number of rotatable bonds is 4. The second kappa shape index (κ2) is 6.44. The third-order valence-electron chi connectivity index (χ3n) is 2.93. The molecule has 0 heterocycles. The van der Waals surface area contributed by atoms with Crippen molar-refractivity contribution in [3.05, 3.63) is 58.6 Å². The Balaban J connectivity index is 2.25. The minimum Gasteiger partial charge on any atom is -0.492 e. The molecule has 2 aromatic rings. The summed E-state index contributed by atoms with van der Waals surface area (Å²) in [4.78, 5) is 12.2. The molecule has 0 aliphatic carbocycles. The number of anilines is 1. The lowest BCUT2D eigenvalue weighted by Gasteiger charge is -2.12. The molecule has 0 unspecified atom stereocenters. The van der Waals surface area contributed by atoms with Gasteiger partial charge in [-0.2, -0.15) is 0 Å². The van der Waals surface area contributed by atoms with Gasteiger partial charge in [0, 0.05) is 11.3 Å². The molecule has 2 aromatic carbocycles. The number of ether oxygens (including phenoxy) is 1. The summed E-state index contributed by atoms with van der Waals surface area (Å²) in [5, 5.41) is 3.32. The Kier molecular flexibility index (Phi) is 4.64. The number of amides is 1. The van der Waals surface area contributed by atoms with E-state index in [1.807, 2.05) is 44.2 Å². The van der Waals surface area contributed by atoms with Crippen LogP contribution in [-0.4, -0.2) is 12.5 Å². The predicted octanol–water partition coefficient (Wildman–Crippen LogP) is 4.30. The molecular weight excluding hydrogens is 274 g/mol. The molecule has 0 bridgehead atoms. The van der Waals surface area contributed by atoms with Crippen molar-refractivity contribution in [1.82, 2.24) is 0 Å². The summed E-state index contributed by atoms with van der Waals surface area (Å²) in [6.07, 6.45) is 0. The summed E-state index contributed by atoms with van der Waals surface area (Å²) in [6.45, 7) is 4.24. The van der Waals surface area contributed by atoms with Crippen molar-refractivity contribution in [2.24, 2.45) is 0 Å². The van der Waals surface area contributed by atoms with E-state index in [0.717, 1.165) is 5.69 Å². The SMILES string of the molecule is CCOc1ccc(C(=O)Nc2ccccc2)c(C)c1Cl. The summed E-state index contributed by atoms with van der Waals surface area (Å²) in [7, 11) is 0. The molecule has 0 radical (unpaired) electrons. The van der Waals surface area contributed by atoms with E-state index in [-0.39, 0.29) is 5.91 Å². The smallest absolute Gasteiger partial charge is 0.255 e. The lowest BCUT2D eigenvalue weighted by atomic mass is 10.1. The molecule has 2 rings (SSSR count). The number of carbonyl (C=O) groups is 1. The molecule has 0 aliphatic heterocycles. The van der Waals surface area contributed by atoms with Crippen LogP contribution in [0.25, 0.3) is 0 Å². The molecule has 0 fully saturated rings. The van der Waals surface area contributed by atoms with Crippen LogP contribution >= 0.6 is 11.6 Å². The predicted molar refractivity (Wildman–Crippen MR) is 81.8 cm³/mol. The molecule has 0 saturated heterocycles. The number of nitrogens with one attached hydrogen (secondary N) is 1. The summed E-state index contributed by atoms with van der Waals surface area (Å²) >= 11 is 6.22. The van der Waals surface area contributed by atoms with Gasteiger partial charge in [-0.25, -0.2) is 0 Å². The van der Waals surface area contributed by atoms with E-state index in [1.54, 1.807) is 12.1 Å². The molecule has 3 nitrogen and oxygen atoms in total. The fourth-order valence-corrected chi connectivity index (χ4v) is 2.11. The Labute approximate surface area is 123 Å². The number of hydrogen-bond donors (Lipinski definition) is 1. The fourth-order valence-electron chi connectivity index (χ4n) is 1.89. The Hall–Kier alpha value is -2.00. The molecule has 20 heavy (non-hydrogen) atoms. The van der Waals surface area contributed by atoms with Crippen LogP contribution in [0.4, 0.5) is 5.69 Å². The van der Waals surface area contributed by atoms with Gasteiger partial charge in [-0.15, -0.1) is 0 Å². The molecule has 0 spiro atoms. The summed E-state index contributed by atoms with van der Waals surface area (Å²) in [6, 6.07) is 12.8. The van der Waals surface area contributed by atoms with Gasteiger partial charge in [0.05, 0.1) is 11.6 Å². The maximum Gasteiger partial charge on any atom is 0.255 e. The first-order valence-corrected chi connectivity index (χ1v) is 6.79. The number of hydrogen-bond acceptors (Lipinski definition) is 2. The third kappa shape index (κ3) is 3.11. The molecule has 104 valence electrons. The first kappa shape index (κ1) is 14.4. The zero-order valence-corrected chi connectivity index (χ0v) is 12.2. The Bertz CT molecular complexity index is 611. The van der Waals surface area contributed by atoms with Crippen molar-refractivity contribution >= 4 is 23.2 Å². The van der Waals surface area contributed by atoms with Crippen LogP contribution in [0.2, 0.25) is 5.02 Å². The van der Waals surface area contributed by atoms with E-state index in [2.05, 4.69) is 5.32 Å². The van der Waals surface area contributed by atoms with Gasteiger partial charge < -0.3 is 10.1 Å². The van der Waals surface area contributed by atoms with Gasteiger partial charge in [0.25, 0.3) is 5.91 Å². The van der Waals surface area contributed by atoms with Crippen LogP contribution in [0, 0.1) is 6.92 Å². The molecule has 1 amide bonds. The van der Waals surface area contributed by atoms with E-state index >= 15 is 0 Å². The monoisotopic (exact) mass is 289 g/mol. The van der Waals surface area contributed by atoms with Crippen molar-refractivity contribution in [3.8, 4) is 5.75 Å². The van der Waals surface area contributed by atoms with E-state index in [0.29, 0.717) is 28.5 Å². The minimum atomic E-state index is -0.182. The normalized spacial score (nSPS) is 10.2. The molecule has 0 aliphatic rings. The Morgan fingerprint density at radius 3 is 2.55 bits per heavy atom. The van der Waals surface area contributed by atoms with E-state index < -0.39 is 0 Å². The van der Waals surface area contributed by atoms with E-state index in [1.165, 1.54) is 0 Å². The second-order valence-corrected chi connectivity index (χ2v) is 4.68. The fraction of sp³-hybridized carbons (Fsp3) is 0.188. The highest BCUT2D eigenvalue weighted by Crippen LogP contribution is 2.30. The first-order valence-electron chi connectivity index (χ1n) is 6.41. The maximum atomic E-state index is 12.2. The minimum absolute atomic E-state index is 0.182. The van der Waals surface area contributed by atoms with Crippen LogP contribution in [-0.2, 0) is 0 Å². The Morgan fingerprint density at radius 2 is 1.90 bits per heavy atom. The van der Waals surface area contributed by atoms with Crippen LogP contribution in [0.3, 0.4) is 0 Å². The molecule has 0 saturated carbocycles. The zero-order chi connectivity index (χ0) is 14.5. The summed E-state index contributed by atoms with van der Waals surface area (Å²) in [5.41, 5.74) is 2.01. The van der Waals surface area contributed by atoms with Gasteiger partial charge in [-0.1, -0.05) is 29.8 Å². The van der Waals surface area contributed by atoms with Crippen molar-refractivity contribution in [2.45, 2.75) is 13.8 Å². The standard InChI is InChI=1S/C16H16ClNO2/c1-3-20-14-10-9-13(11(2)15(14)17)16(19)18-12-7-5-4-6-8-12/h4-10H,3H2,1-2H3,(H,18,19). The first-order chi connectivity index (χ1) is 9.63. The lowest BCUT2D eigenvalue weighted by molar-refractivity contribution is 0.102. The van der Waals surface area contributed by atoms with Gasteiger partial charge in [-0.05, 0) is 43.7 Å². The average Bonchev–Trinajstić information content (AvgIpc) is 2.45. The van der Waals surface area contributed by atoms with E-state index in [4.69, 9.17) is 16.3 Å². The number of para-hydroxylation sites is 1. The van der Waals surface area contributed by atoms with E-state index in [9.17, 15) is 4.79 Å². The maximum absolute atomic E-state index is 12.2. The number of halogens is 1. The quantitative estimate of drug-likeness (QED) is 0.911. The van der Waals surface area contributed by atoms with Gasteiger partial charge in [0.2, 0.25) is 0 Å². The van der Waals surface area contributed by atoms with Gasteiger partial charge in [0.1, 0.15) is 5.75 Å². The van der Waals surface area contributed by atoms with Gasteiger partial charge in [-0.3, -0.25) is 4.79 Å². The third-order valence-corrected chi connectivity index (χ3v) is 3.40. The van der Waals surface area contributed by atoms with Gasteiger partial charge >= 0.3 is 0 Å². The number of benzene rings is 2. The molecular formula is C16H16ClNO2. The molecule has 1 N–H and O–H groups in total. The Morgan fingerprint density at radius 1 is 1.20 bits per heavy atom. The summed E-state index contributed by atoms with van der Waals surface area (Å²) < 4.78 is 5.41. The topological polar surface area (TPSA) is 38.3 Å². The highest BCUT2D eigenvalue weighted by Gasteiger charge is 2.14. The van der Waals surface area contributed by atoms with Crippen molar-refractivity contribution in [2.75, 3.05) is 11.9 Å². The van der Waals surface area contributed by atoms with Crippen LogP contribution in [0.15, 0.2) is 42.5 Å². The molecule has 0 atom stereocenters. The largest absolute Gasteiger partial charge is 0.492 e. The van der Waals surface area contributed by atoms with Crippen LogP contribution in [0.5, 0.6) is 5.75 Å². The van der Waals surface area contributed by atoms with Crippen molar-refractivity contribution in [3.63, 3.8) is 0 Å². The van der Waals surface area contributed by atoms with Crippen LogP contribution < -0.4 is 10.1 Å². The average molecular weight is 290 g/mol. The van der Waals surface area contributed by atoms with Crippen LogP contribution in [0.1, 0.15) is 22.8 Å². The summed E-state index contributed by atoms with van der Waals surface area (Å²) in [5.74, 6) is 0.418. The highest BCUT2D eigenvalue weighted by atomic mass is 35.5. The molecule has 0 aromatic heterocycles. The lowest BCUT2D eigenvalue weighted by Crippen LogP contribution is -2.13. The van der Waals surface area contributed by atoms with Gasteiger partial charge in [0.15, 0.2) is 0 Å². The highest BCUT2D eigenvalue weighted by molar-refractivity contribution is 6.33. The number of carbonyl (C=O) groups excluding carboxylic acids is 1. The van der Waals surface area contributed by atoms with Crippen molar-refractivity contribution in [1.29, 1.82) is 0 Å². The zero-order valence-electron chi connectivity index (χ0n) is 11.4. The van der Waals surface area contributed by atoms with Crippen molar-refractivity contribution < 1.29 is 9.53 Å².